The van der Waals surface area contributed by atoms with E-state index in [0.29, 0.717) is 13.2 Å². The van der Waals surface area contributed by atoms with E-state index < -0.39 is 13.7 Å². The molecule has 0 aromatic heterocycles. The van der Waals surface area contributed by atoms with Crippen LogP contribution in [-0.4, -0.2) is 33.6 Å². The second kappa shape index (κ2) is 5.90. The van der Waals surface area contributed by atoms with E-state index in [0.717, 1.165) is 0 Å². The van der Waals surface area contributed by atoms with Crippen LogP contribution < -0.4 is 0 Å². The molecule has 116 valence electrons. The quantitative estimate of drug-likeness (QED) is 0.576. The van der Waals surface area contributed by atoms with Crippen LogP contribution in [0, 0.1) is 5.41 Å². The second-order valence-corrected chi connectivity index (χ2v) is 11.8. The molecule has 0 aromatic rings. The van der Waals surface area contributed by atoms with Crippen molar-refractivity contribution in [3.05, 3.63) is 12.3 Å². The monoisotopic (exact) mass is 300 g/mol. The van der Waals surface area contributed by atoms with E-state index in [9.17, 15) is 4.79 Å². The Morgan fingerprint density at radius 2 is 2.00 bits per heavy atom. The van der Waals surface area contributed by atoms with Gasteiger partial charge in [0.2, 0.25) is 0 Å². The molecule has 0 aliphatic carbocycles. The molecule has 0 aromatic carbocycles. The van der Waals surface area contributed by atoms with Crippen molar-refractivity contribution in [2.75, 3.05) is 13.2 Å². The summed E-state index contributed by atoms with van der Waals surface area (Å²) in [6, 6.07) is 0. The third-order valence-corrected chi connectivity index (χ3v) is 8.94. The van der Waals surface area contributed by atoms with Crippen LogP contribution in [-0.2, 0) is 18.7 Å². The van der Waals surface area contributed by atoms with Crippen LogP contribution in [0.2, 0.25) is 18.1 Å². The predicted octanol–water partition coefficient (Wildman–Crippen LogP) is 3.49. The van der Waals surface area contributed by atoms with Gasteiger partial charge < -0.3 is 13.9 Å². The molecule has 1 aliphatic heterocycles. The fourth-order valence-corrected chi connectivity index (χ4v) is 2.72. The molecule has 2 atom stereocenters. The highest BCUT2D eigenvalue weighted by atomic mass is 28.4. The first kappa shape index (κ1) is 17.2. The number of rotatable bonds is 5. The molecular formula is C15H28O4Si. The van der Waals surface area contributed by atoms with Crippen LogP contribution in [0.5, 0.6) is 0 Å². The van der Waals surface area contributed by atoms with Crippen molar-refractivity contribution in [2.24, 2.45) is 5.41 Å². The maximum Gasteiger partial charge on any atom is 0.319 e. The molecular weight excluding hydrogens is 272 g/mol. The van der Waals surface area contributed by atoms with Crippen LogP contribution >= 0.6 is 0 Å². The van der Waals surface area contributed by atoms with Crippen molar-refractivity contribution in [3.63, 3.8) is 0 Å². The number of esters is 1. The van der Waals surface area contributed by atoms with Crippen molar-refractivity contribution >= 4 is 14.3 Å². The van der Waals surface area contributed by atoms with E-state index in [1.54, 1.807) is 12.3 Å². The van der Waals surface area contributed by atoms with E-state index in [2.05, 4.69) is 33.9 Å². The fourth-order valence-electron chi connectivity index (χ4n) is 1.72. The molecule has 2 unspecified atom stereocenters. The molecule has 0 spiro atoms. The first-order chi connectivity index (χ1) is 9.04. The largest absolute Gasteiger partial charge is 0.494 e. The Hall–Kier alpha value is -0.813. The zero-order chi connectivity index (χ0) is 15.6. The standard InChI is InChI=1S/C15H28O4Si/c1-8-17-13(16)15(5)9-10-18-12(15)11-19-20(6,7)14(2,3)4/h9-10,12H,8,11H2,1-7H3. The highest BCUT2D eigenvalue weighted by Crippen LogP contribution is 2.39. The summed E-state index contributed by atoms with van der Waals surface area (Å²) >= 11 is 0. The van der Waals surface area contributed by atoms with Crippen LogP contribution in [0.3, 0.4) is 0 Å². The molecule has 1 rings (SSSR count). The van der Waals surface area contributed by atoms with E-state index in [4.69, 9.17) is 13.9 Å². The highest BCUT2D eigenvalue weighted by Gasteiger charge is 2.47. The minimum absolute atomic E-state index is 0.138. The summed E-state index contributed by atoms with van der Waals surface area (Å²) in [5.41, 5.74) is -0.752. The van der Waals surface area contributed by atoms with Gasteiger partial charge >= 0.3 is 5.97 Å². The first-order valence-electron chi connectivity index (χ1n) is 7.19. The minimum atomic E-state index is -1.85. The predicted molar refractivity (Wildman–Crippen MR) is 81.9 cm³/mol. The summed E-state index contributed by atoms with van der Waals surface area (Å²) < 4.78 is 16.9. The minimum Gasteiger partial charge on any atom is -0.494 e. The molecule has 0 fully saturated rings. The summed E-state index contributed by atoms with van der Waals surface area (Å²) in [5, 5.41) is 0.138. The molecule has 1 aliphatic rings. The Kier molecular flexibility index (Phi) is 5.08. The summed E-state index contributed by atoms with van der Waals surface area (Å²) in [6.45, 7) is 15.4. The Bertz CT molecular complexity index is 384. The van der Waals surface area contributed by atoms with E-state index >= 15 is 0 Å². The fraction of sp³-hybridized carbons (Fsp3) is 0.800. The SMILES string of the molecule is CCOC(=O)C1(C)C=COC1CO[Si](C)(C)C(C)(C)C. The maximum absolute atomic E-state index is 12.1. The van der Waals surface area contributed by atoms with E-state index in [1.807, 2.05) is 13.8 Å². The molecule has 5 heteroatoms. The summed E-state index contributed by atoms with van der Waals surface area (Å²) in [5.74, 6) is -0.252. The van der Waals surface area contributed by atoms with Gasteiger partial charge in [0, 0.05) is 0 Å². The normalized spacial score (nSPS) is 26.4. The molecule has 1 heterocycles. The number of ether oxygens (including phenoxy) is 2. The lowest BCUT2D eigenvalue weighted by atomic mass is 9.86. The third kappa shape index (κ3) is 3.44. The smallest absolute Gasteiger partial charge is 0.319 e. The van der Waals surface area contributed by atoms with Crippen LogP contribution in [0.25, 0.3) is 0 Å². The van der Waals surface area contributed by atoms with Crippen LogP contribution in [0.1, 0.15) is 34.6 Å². The van der Waals surface area contributed by atoms with Gasteiger partial charge in [-0.1, -0.05) is 20.8 Å². The molecule has 0 N–H and O–H groups in total. The van der Waals surface area contributed by atoms with Gasteiger partial charge in [-0.25, -0.2) is 0 Å². The van der Waals surface area contributed by atoms with Crippen molar-refractivity contribution in [2.45, 2.75) is 58.9 Å². The second-order valence-electron chi connectivity index (χ2n) is 7.00. The summed E-state index contributed by atoms with van der Waals surface area (Å²) in [6.07, 6.45) is 3.04. The molecule has 20 heavy (non-hydrogen) atoms. The lowest BCUT2D eigenvalue weighted by molar-refractivity contribution is -0.156. The van der Waals surface area contributed by atoms with Gasteiger partial charge in [-0.3, -0.25) is 4.79 Å². The van der Waals surface area contributed by atoms with E-state index in [-0.39, 0.29) is 17.1 Å². The molecule has 0 saturated carbocycles. The van der Waals surface area contributed by atoms with Crippen molar-refractivity contribution in [3.8, 4) is 0 Å². The topological polar surface area (TPSA) is 44.8 Å². The number of hydrogen-bond acceptors (Lipinski definition) is 4. The third-order valence-electron chi connectivity index (χ3n) is 4.44. The highest BCUT2D eigenvalue weighted by molar-refractivity contribution is 6.74. The lowest BCUT2D eigenvalue weighted by Gasteiger charge is -2.38. The van der Waals surface area contributed by atoms with Crippen molar-refractivity contribution < 1.29 is 18.7 Å². The number of carbonyl (C=O) groups is 1. The number of hydrogen-bond donors (Lipinski definition) is 0. The Labute approximate surface area is 123 Å². The van der Waals surface area contributed by atoms with Crippen LogP contribution in [0.4, 0.5) is 0 Å². The van der Waals surface area contributed by atoms with E-state index in [1.165, 1.54) is 0 Å². The molecule has 0 bridgehead atoms. The Balaban J connectivity index is 2.71. The van der Waals surface area contributed by atoms with Crippen molar-refractivity contribution in [1.82, 2.24) is 0 Å². The average Bonchev–Trinajstić information content (AvgIpc) is 2.68. The van der Waals surface area contributed by atoms with Crippen LogP contribution in [0.15, 0.2) is 12.3 Å². The molecule has 0 amide bonds. The first-order valence-corrected chi connectivity index (χ1v) is 10.1. The van der Waals surface area contributed by atoms with Gasteiger partial charge in [0.05, 0.1) is 19.5 Å². The van der Waals surface area contributed by atoms with Gasteiger partial charge in [0.1, 0.15) is 11.5 Å². The van der Waals surface area contributed by atoms with Gasteiger partial charge in [-0.15, -0.1) is 0 Å². The van der Waals surface area contributed by atoms with Gasteiger partial charge in [-0.2, -0.15) is 0 Å². The van der Waals surface area contributed by atoms with Gasteiger partial charge in [0.25, 0.3) is 0 Å². The zero-order valence-electron chi connectivity index (χ0n) is 13.8. The zero-order valence-corrected chi connectivity index (χ0v) is 14.8. The number of carbonyl (C=O) groups excluding carboxylic acids is 1. The van der Waals surface area contributed by atoms with Gasteiger partial charge in [-0.05, 0) is 38.1 Å². The summed E-state index contributed by atoms with van der Waals surface area (Å²) in [4.78, 5) is 12.1. The molecule has 4 nitrogen and oxygen atoms in total. The summed E-state index contributed by atoms with van der Waals surface area (Å²) in [7, 11) is -1.85. The maximum atomic E-state index is 12.1. The average molecular weight is 300 g/mol. The molecule has 0 radical (unpaired) electrons. The van der Waals surface area contributed by atoms with Gasteiger partial charge in [0.15, 0.2) is 8.32 Å². The Morgan fingerprint density at radius 3 is 2.50 bits per heavy atom. The Morgan fingerprint density at radius 1 is 1.40 bits per heavy atom. The lowest BCUT2D eigenvalue weighted by Crippen LogP contribution is -2.46. The molecule has 0 saturated heterocycles. The van der Waals surface area contributed by atoms with Crippen molar-refractivity contribution in [1.29, 1.82) is 0 Å².